The molecule has 0 saturated carbocycles. The van der Waals surface area contributed by atoms with Crippen molar-refractivity contribution in [1.82, 2.24) is 5.32 Å². The normalized spacial score (nSPS) is 10.2. The van der Waals surface area contributed by atoms with Crippen LogP contribution < -0.4 is 15.4 Å². The lowest BCUT2D eigenvalue weighted by atomic mass is 10.2. The number of hydrogen-bond acceptors (Lipinski definition) is 3. The number of carbonyl (C=O) groups is 1. The quantitative estimate of drug-likeness (QED) is 0.733. The van der Waals surface area contributed by atoms with Gasteiger partial charge in [-0.25, -0.2) is 4.39 Å². The Bertz CT molecular complexity index is 397. The number of rotatable bonds is 7. The summed E-state index contributed by atoms with van der Waals surface area (Å²) in [6, 6.07) is 4.41. The average molecular weight is 254 g/mol. The summed E-state index contributed by atoms with van der Waals surface area (Å²) in [7, 11) is 1.83. The van der Waals surface area contributed by atoms with Crippen LogP contribution in [-0.2, 0) is 4.79 Å². The minimum atomic E-state index is -0.468. The molecule has 5 heteroatoms. The van der Waals surface area contributed by atoms with Gasteiger partial charge in [-0.2, -0.15) is 0 Å². The summed E-state index contributed by atoms with van der Waals surface area (Å²) < 4.78 is 18.6. The third-order valence-corrected chi connectivity index (χ3v) is 2.35. The van der Waals surface area contributed by atoms with Gasteiger partial charge in [-0.15, -0.1) is 0 Å². The minimum Gasteiger partial charge on any atom is -0.491 e. The molecule has 0 bridgehead atoms. The average Bonchev–Trinajstić information content (AvgIpc) is 2.33. The lowest BCUT2D eigenvalue weighted by Gasteiger charge is -2.08. The number of anilines is 1. The maximum absolute atomic E-state index is 13.5. The molecule has 0 fully saturated rings. The van der Waals surface area contributed by atoms with E-state index in [4.69, 9.17) is 4.74 Å². The molecule has 1 aromatic rings. The van der Waals surface area contributed by atoms with Gasteiger partial charge in [-0.05, 0) is 39.1 Å². The van der Waals surface area contributed by atoms with E-state index < -0.39 is 5.82 Å². The van der Waals surface area contributed by atoms with E-state index >= 15 is 0 Å². The van der Waals surface area contributed by atoms with Crippen molar-refractivity contribution in [1.29, 1.82) is 0 Å². The van der Waals surface area contributed by atoms with Gasteiger partial charge in [0.15, 0.2) is 11.6 Å². The van der Waals surface area contributed by atoms with E-state index in [0.717, 1.165) is 13.0 Å². The fourth-order valence-corrected chi connectivity index (χ4v) is 1.50. The summed E-state index contributed by atoms with van der Waals surface area (Å²) in [4.78, 5) is 11.5. The Balaban J connectivity index is 2.52. The largest absolute Gasteiger partial charge is 0.491 e. The van der Waals surface area contributed by atoms with Gasteiger partial charge in [0.05, 0.1) is 6.61 Å². The second kappa shape index (κ2) is 7.66. The first-order valence-corrected chi connectivity index (χ1v) is 6.04. The van der Waals surface area contributed by atoms with E-state index in [9.17, 15) is 9.18 Å². The SMILES string of the molecule is CCOc1ccc(NC(=O)CCCNC)cc1F. The molecular weight excluding hydrogens is 235 g/mol. The highest BCUT2D eigenvalue weighted by atomic mass is 19.1. The number of amides is 1. The van der Waals surface area contributed by atoms with Crippen LogP contribution in [0.2, 0.25) is 0 Å². The molecule has 0 aromatic heterocycles. The van der Waals surface area contributed by atoms with Crippen LogP contribution in [0.1, 0.15) is 19.8 Å². The highest BCUT2D eigenvalue weighted by molar-refractivity contribution is 5.90. The van der Waals surface area contributed by atoms with Crippen LogP contribution in [-0.4, -0.2) is 26.1 Å². The van der Waals surface area contributed by atoms with Gasteiger partial charge >= 0.3 is 0 Å². The van der Waals surface area contributed by atoms with Crippen LogP contribution in [0.4, 0.5) is 10.1 Å². The van der Waals surface area contributed by atoms with Crippen LogP contribution in [0.3, 0.4) is 0 Å². The number of carbonyl (C=O) groups excluding carboxylic acids is 1. The second-order valence-corrected chi connectivity index (χ2v) is 3.83. The number of nitrogens with one attached hydrogen (secondary N) is 2. The summed E-state index contributed by atoms with van der Waals surface area (Å²) in [5, 5.41) is 5.61. The zero-order valence-corrected chi connectivity index (χ0v) is 10.8. The zero-order chi connectivity index (χ0) is 13.4. The van der Waals surface area contributed by atoms with Crippen molar-refractivity contribution in [2.75, 3.05) is 25.5 Å². The third-order valence-electron chi connectivity index (χ3n) is 2.35. The minimum absolute atomic E-state index is 0.117. The predicted molar refractivity (Wildman–Crippen MR) is 69.4 cm³/mol. The van der Waals surface area contributed by atoms with Crippen molar-refractivity contribution in [2.24, 2.45) is 0 Å². The molecule has 0 aliphatic heterocycles. The predicted octanol–water partition coefficient (Wildman–Crippen LogP) is 2.16. The number of benzene rings is 1. The van der Waals surface area contributed by atoms with E-state index in [1.54, 1.807) is 13.0 Å². The molecule has 0 unspecified atom stereocenters. The van der Waals surface area contributed by atoms with Gasteiger partial charge in [-0.1, -0.05) is 0 Å². The van der Waals surface area contributed by atoms with Gasteiger partial charge in [-0.3, -0.25) is 4.79 Å². The Morgan fingerprint density at radius 2 is 2.22 bits per heavy atom. The fraction of sp³-hybridized carbons (Fsp3) is 0.462. The van der Waals surface area contributed by atoms with Crippen molar-refractivity contribution >= 4 is 11.6 Å². The first-order valence-electron chi connectivity index (χ1n) is 6.04. The van der Waals surface area contributed by atoms with Gasteiger partial charge in [0.2, 0.25) is 5.91 Å². The van der Waals surface area contributed by atoms with Gasteiger partial charge < -0.3 is 15.4 Å². The molecule has 4 nitrogen and oxygen atoms in total. The second-order valence-electron chi connectivity index (χ2n) is 3.83. The Hall–Kier alpha value is -1.62. The molecule has 1 aromatic carbocycles. The van der Waals surface area contributed by atoms with Crippen LogP contribution >= 0.6 is 0 Å². The fourth-order valence-electron chi connectivity index (χ4n) is 1.50. The number of ether oxygens (including phenoxy) is 1. The summed E-state index contributed by atoms with van der Waals surface area (Å²) in [6.45, 7) is 2.98. The monoisotopic (exact) mass is 254 g/mol. The Morgan fingerprint density at radius 1 is 1.44 bits per heavy atom. The highest BCUT2D eigenvalue weighted by Crippen LogP contribution is 2.21. The van der Waals surface area contributed by atoms with Gasteiger partial charge in [0.25, 0.3) is 0 Å². The molecule has 0 radical (unpaired) electrons. The topological polar surface area (TPSA) is 50.4 Å². The van der Waals surface area contributed by atoms with Crippen molar-refractivity contribution in [3.05, 3.63) is 24.0 Å². The molecule has 0 saturated heterocycles. The van der Waals surface area contributed by atoms with E-state index in [2.05, 4.69) is 10.6 Å². The summed E-state index contributed by atoms with van der Waals surface area (Å²) in [5.74, 6) is -0.385. The van der Waals surface area contributed by atoms with Gasteiger partial charge in [0, 0.05) is 18.2 Å². The summed E-state index contributed by atoms with van der Waals surface area (Å²) >= 11 is 0. The first-order chi connectivity index (χ1) is 8.67. The molecule has 1 amide bonds. The van der Waals surface area contributed by atoms with Crippen LogP contribution in [0.15, 0.2) is 18.2 Å². The Labute approximate surface area is 107 Å². The Morgan fingerprint density at radius 3 is 2.83 bits per heavy atom. The molecule has 100 valence electrons. The van der Waals surface area contributed by atoms with Crippen molar-refractivity contribution in [3.63, 3.8) is 0 Å². The third kappa shape index (κ3) is 4.71. The molecule has 2 N–H and O–H groups in total. The highest BCUT2D eigenvalue weighted by Gasteiger charge is 2.06. The Kier molecular flexibility index (Phi) is 6.14. The zero-order valence-electron chi connectivity index (χ0n) is 10.8. The summed E-state index contributed by atoms with van der Waals surface area (Å²) in [5.41, 5.74) is 0.449. The maximum Gasteiger partial charge on any atom is 0.224 e. The lowest BCUT2D eigenvalue weighted by molar-refractivity contribution is -0.116. The summed E-state index contributed by atoms with van der Waals surface area (Å²) in [6.07, 6.45) is 1.16. The maximum atomic E-state index is 13.5. The van der Waals surface area contributed by atoms with Crippen molar-refractivity contribution in [2.45, 2.75) is 19.8 Å². The molecule has 0 aliphatic carbocycles. The molecule has 0 heterocycles. The van der Waals surface area contributed by atoms with E-state index in [0.29, 0.717) is 18.7 Å². The van der Waals surface area contributed by atoms with E-state index in [-0.39, 0.29) is 11.7 Å². The van der Waals surface area contributed by atoms with E-state index in [1.807, 2.05) is 7.05 Å². The molecular formula is C13H19FN2O2. The van der Waals surface area contributed by atoms with Crippen LogP contribution in [0.25, 0.3) is 0 Å². The van der Waals surface area contributed by atoms with Crippen LogP contribution in [0.5, 0.6) is 5.75 Å². The standard InChI is InChI=1S/C13H19FN2O2/c1-3-18-12-7-6-10(9-11(12)14)16-13(17)5-4-8-15-2/h6-7,9,15H,3-5,8H2,1-2H3,(H,16,17). The lowest BCUT2D eigenvalue weighted by Crippen LogP contribution is -2.15. The molecule has 1 rings (SSSR count). The van der Waals surface area contributed by atoms with E-state index in [1.165, 1.54) is 12.1 Å². The van der Waals surface area contributed by atoms with Crippen molar-refractivity contribution in [3.8, 4) is 5.75 Å². The number of halogens is 1. The number of hydrogen-bond donors (Lipinski definition) is 2. The van der Waals surface area contributed by atoms with Crippen LogP contribution in [0, 0.1) is 5.82 Å². The molecule has 0 spiro atoms. The molecule has 0 aliphatic rings. The van der Waals surface area contributed by atoms with Gasteiger partial charge in [0.1, 0.15) is 0 Å². The first kappa shape index (κ1) is 14.4. The smallest absolute Gasteiger partial charge is 0.224 e. The molecule has 0 atom stereocenters. The molecule has 18 heavy (non-hydrogen) atoms. The van der Waals surface area contributed by atoms with Crippen molar-refractivity contribution < 1.29 is 13.9 Å².